The van der Waals surface area contributed by atoms with Crippen molar-refractivity contribution in [2.24, 2.45) is 0 Å². The Balaban J connectivity index is 1.87. The van der Waals surface area contributed by atoms with Crippen LogP contribution in [0.1, 0.15) is 30.4 Å². The van der Waals surface area contributed by atoms with Gasteiger partial charge < -0.3 is 4.74 Å². The highest BCUT2D eigenvalue weighted by Gasteiger charge is 2.19. The van der Waals surface area contributed by atoms with Crippen LogP contribution in [0.4, 0.5) is 0 Å². The van der Waals surface area contributed by atoms with Crippen LogP contribution in [0, 0.1) is 0 Å². The molecular formula is C18H20O2. The van der Waals surface area contributed by atoms with Gasteiger partial charge in [0.25, 0.3) is 0 Å². The van der Waals surface area contributed by atoms with Crippen molar-refractivity contribution in [2.45, 2.75) is 25.7 Å². The van der Waals surface area contributed by atoms with Crippen LogP contribution in [0.5, 0.6) is 0 Å². The van der Waals surface area contributed by atoms with Crippen molar-refractivity contribution < 1.29 is 9.53 Å². The summed E-state index contributed by atoms with van der Waals surface area (Å²) in [6, 6.07) is 19.9. The van der Waals surface area contributed by atoms with Crippen molar-refractivity contribution in [3.05, 3.63) is 71.8 Å². The predicted octanol–water partition coefficient (Wildman–Crippen LogP) is 3.97. The molecule has 0 aliphatic carbocycles. The first-order valence-corrected chi connectivity index (χ1v) is 7.06. The van der Waals surface area contributed by atoms with Gasteiger partial charge in [0.15, 0.2) is 0 Å². The summed E-state index contributed by atoms with van der Waals surface area (Å²) in [5.41, 5.74) is 2.22. The minimum absolute atomic E-state index is 0.130. The monoisotopic (exact) mass is 268 g/mol. The van der Waals surface area contributed by atoms with E-state index in [2.05, 4.69) is 0 Å². The third kappa shape index (κ3) is 3.95. The maximum Gasteiger partial charge on any atom is 0.313 e. The van der Waals surface area contributed by atoms with Crippen LogP contribution in [0.15, 0.2) is 60.7 Å². The Labute approximate surface area is 120 Å². The summed E-state index contributed by atoms with van der Waals surface area (Å²) in [7, 11) is 0. The minimum Gasteiger partial charge on any atom is -0.465 e. The lowest BCUT2D eigenvalue weighted by Crippen LogP contribution is -2.16. The van der Waals surface area contributed by atoms with E-state index in [9.17, 15) is 4.79 Å². The minimum atomic E-state index is -0.160. The van der Waals surface area contributed by atoms with Crippen molar-refractivity contribution in [3.8, 4) is 0 Å². The molecule has 0 saturated heterocycles. The standard InChI is InChI=1S/C18H20O2/c1-2-17(16-11-7-4-8-12-16)18(19)20-14-13-15-9-5-3-6-10-15/h3-12,17H,2,13-14H2,1H3. The second-order valence-electron chi connectivity index (χ2n) is 4.77. The largest absolute Gasteiger partial charge is 0.465 e. The molecule has 0 radical (unpaired) electrons. The fourth-order valence-corrected chi connectivity index (χ4v) is 2.24. The molecular weight excluding hydrogens is 248 g/mol. The molecule has 0 bridgehead atoms. The van der Waals surface area contributed by atoms with E-state index in [1.807, 2.05) is 67.6 Å². The number of ether oxygens (including phenoxy) is 1. The van der Waals surface area contributed by atoms with Gasteiger partial charge in [-0.25, -0.2) is 0 Å². The molecule has 1 atom stereocenters. The number of carbonyl (C=O) groups excluding carboxylic acids is 1. The first-order valence-electron chi connectivity index (χ1n) is 7.06. The highest BCUT2D eigenvalue weighted by atomic mass is 16.5. The zero-order valence-electron chi connectivity index (χ0n) is 11.8. The predicted molar refractivity (Wildman–Crippen MR) is 80.6 cm³/mol. The first kappa shape index (κ1) is 14.3. The second-order valence-corrected chi connectivity index (χ2v) is 4.77. The van der Waals surface area contributed by atoms with E-state index < -0.39 is 0 Å². The second kappa shape index (κ2) is 7.49. The van der Waals surface area contributed by atoms with Crippen LogP contribution >= 0.6 is 0 Å². The molecule has 2 aromatic carbocycles. The maximum atomic E-state index is 12.1. The van der Waals surface area contributed by atoms with Gasteiger partial charge in [-0.1, -0.05) is 67.6 Å². The molecule has 0 saturated carbocycles. The van der Waals surface area contributed by atoms with Gasteiger partial charge in [0, 0.05) is 6.42 Å². The van der Waals surface area contributed by atoms with E-state index in [1.165, 1.54) is 5.56 Å². The maximum absolute atomic E-state index is 12.1. The Morgan fingerprint density at radius 1 is 1.00 bits per heavy atom. The number of hydrogen-bond donors (Lipinski definition) is 0. The SMILES string of the molecule is CCC(C(=O)OCCc1ccccc1)c1ccccc1. The third-order valence-electron chi connectivity index (χ3n) is 3.37. The third-order valence-corrected chi connectivity index (χ3v) is 3.37. The first-order chi connectivity index (χ1) is 9.81. The Morgan fingerprint density at radius 2 is 1.60 bits per heavy atom. The Hall–Kier alpha value is -2.09. The molecule has 0 amide bonds. The number of rotatable bonds is 6. The molecule has 2 rings (SSSR count). The van der Waals surface area contributed by atoms with E-state index in [-0.39, 0.29) is 11.9 Å². The molecule has 2 aromatic rings. The lowest BCUT2D eigenvalue weighted by atomic mass is 9.97. The van der Waals surface area contributed by atoms with Crippen molar-refractivity contribution >= 4 is 5.97 Å². The van der Waals surface area contributed by atoms with Crippen molar-refractivity contribution in [3.63, 3.8) is 0 Å². The average Bonchev–Trinajstić information content (AvgIpc) is 2.50. The van der Waals surface area contributed by atoms with E-state index in [4.69, 9.17) is 4.74 Å². The molecule has 0 aromatic heterocycles. The van der Waals surface area contributed by atoms with Crippen molar-refractivity contribution in [1.29, 1.82) is 0 Å². The van der Waals surface area contributed by atoms with Crippen LogP contribution < -0.4 is 0 Å². The van der Waals surface area contributed by atoms with Gasteiger partial charge in [0.2, 0.25) is 0 Å². The van der Waals surface area contributed by atoms with Crippen LogP contribution in [0.3, 0.4) is 0 Å². The molecule has 0 heterocycles. The average molecular weight is 268 g/mol. The number of benzene rings is 2. The van der Waals surface area contributed by atoms with E-state index in [0.29, 0.717) is 6.61 Å². The van der Waals surface area contributed by atoms with Crippen LogP contribution in [-0.2, 0) is 16.0 Å². The quantitative estimate of drug-likeness (QED) is 0.741. The summed E-state index contributed by atoms with van der Waals surface area (Å²) in [5, 5.41) is 0. The smallest absolute Gasteiger partial charge is 0.313 e. The van der Waals surface area contributed by atoms with E-state index >= 15 is 0 Å². The summed E-state index contributed by atoms with van der Waals surface area (Å²) in [6.45, 7) is 2.45. The van der Waals surface area contributed by atoms with Gasteiger partial charge in [-0.3, -0.25) is 4.79 Å². The van der Waals surface area contributed by atoms with Crippen LogP contribution in [0.25, 0.3) is 0 Å². The van der Waals surface area contributed by atoms with E-state index in [1.54, 1.807) is 0 Å². The molecule has 1 unspecified atom stereocenters. The number of carbonyl (C=O) groups is 1. The number of hydrogen-bond acceptors (Lipinski definition) is 2. The molecule has 0 N–H and O–H groups in total. The topological polar surface area (TPSA) is 26.3 Å². The van der Waals surface area contributed by atoms with Gasteiger partial charge in [0.1, 0.15) is 0 Å². The fraction of sp³-hybridized carbons (Fsp3) is 0.278. The summed E-state index contributed by atoms with van der Waals surface area (Å²) >= 11 is 0. The summed E-state index contributed by atoms with van der Waals surface area (Å²) < 4.78 is 5.41. The lowest BCUT2D eigenvalue weighted by Gasteiger charge is -2.14. The van der Waals surface area contributed by atoms with Crippen LogP contribution in [0.2, 0.25) is 0 Å². The molecule has 0 fully saturated rings. The Kier molecular flexibility index (Phi) is 5.36. The number of esters is 1. The van der Waals surface area contributed by atoms with Gasteiger partial charge in [0.05, 0.1) is 12.5 Å². The van der Waals surface area contributed by atoms with Crippen molar-refractivity contribution in [2.75, 3.05) is 6.61 Å². The van der Waals surface area contributed by atoms with Gasteiger partial charge in [-0.2, -0.15) is 0 Å². The van der Waals surface area contributed by atoms with Gasteiger partial charge in [-0.15, -0.1) is 0 Å². The highest BCUT2D eigenvalue weighted by Crippen LogP contribution is 2.20. The fourth-order valence-electron chi connectivity index (χ4n) is 2.24. The zero-order chi connectivity index (χ0) is 14.2. The molecule has 2 nitrogen and oxygen atoms in total. The molecule has 0 aliphatic heterocycles. The Morgan fingerprint density at radius 3 is 2.20 bits per heavy atom. The summed E-state index contributed by atoms with van der Waals surface area (Å²) in [6.07, 6.45) is 1.52. The molecule has 0 aliphatic rings. The molecule has 20 heavy (non-hydrogen) atoms. The van der Waals surface area contributed by atoms with Crippen LogP contribution in [-0.4, -0.2) is 12.6 Å². The molecule has 104 valence electrons. The van der Waals surface area contributed by atoms with E-state index in [0.717, 1.165) is 18.4 Å². The molecule has 2 heteroatoms. The van der Waals surface area contributed by atoms with Gasteiger partial charge >= 0.3 is 5.97 Å². The lowest BCUT2D eigenvalue weighted by molar-refractivity contribution is -0.145. The highest BCUT2D eigenvalue weighted by molar-refractivity contribution is 5.78. The normalized spacial score (nSPS) is 11.8. The summed E-state index contributed by atoms with van der Waals surface area (Å²) in [4.78, 5) is 12.1. The Bertz CT molecular complexity index is 520. The van der Waals surface area contributed by atoms with Gasteiger partial charge in [-0.05, 0) is 17.5 Å². The zero-order valence-corrected chi connectivity index (χ0v) is 11.8. The van der Waals surface area contributed by atoms with Crippen molar-refractivity contribution in [1.82, 2.24) is 0 Å². The molecule has 0 spiro atoms. The summed E-state index contributed by atoms with van der Waals surface area (Å²) in [5.74, 6) is -0.290.